The van der Waals surface area contributed by atoms with E-state index in [1.54, 1.807) is 0 Å². The molecular formula is C20H24N4O2. The molecule has 1 unspecified atom stereocenters. The van der Waals surface area contributed by atoms with Crippen molar-refractivity contribution in [2.24, 2.45) is 5.73 Å². The van der Waals surface area contributed by atoms with Crippen LogP contribution in [0, 0.1) is 6.92 Å². The Morgan fingerprint density at radius 1 is 1.00 bits per heavy atom. The molecule has 2 aromatic carbocycles. The van der Waals surface area contributed by atoms with Gasteiger partial charge in [-0.1, -0.05) is 35.9 Å². The highest BCUT2D eigenvalue weighted by molar-refractivity contribution is 5.55. The van der Waals surface area contributed by atoms with Crippen LogP contribution in [0.2, 0.25) is 0 Å². The van der Waals surface area contributed by atoms with E-state index in [1.807, 2.05) is 63.2 Å². The Morgan fingerprint density at radius 3 is 2.38 bits per heavy atom. The number of rotatable bonds is 7. The summed E-state index contributed by atoms with van der Waals surface area (Å²) >= 11 is 0. The van der Waals surface area contributed by atoms with E-state index in [2.05, 4.69) is 15.2 Å². The minimum absolute atomic E-state index is 0.434. The molecule has 0 spiro atoms. The van der Waals surface area contributed by atoms with Gasteiger partial charge in [-0.25, -0.2) is 4.98 Å². The van der Waals surface area contributed by atoms with Gasteiger partial charge in [-0.15, -0.1) is 0 Å². The van der Waals surface area contributed by atoms with Crippen molar-refractivity contribution in [2.75, 3.05) is 13.2 Å². The van der Waals surface area contributed by atoms with E-state index in [9.17, 15) is 0 Å². The van der Waals surface area contributed by atoms with Gasteiger partial charge in [-0.05, 0) is 38.5 Å². The van der Waals surface area contributed by atoms with Gasteiger partial charge in [0.15, 0.2) is 17.3 Å². The Kier molecular flexibility index (Phi) is 5.53. The molecule has 3 aromatic rings. The molecule has 6 nitrogen and oxygen atoms in total. The normalized spacial score (nSPS) is 12.0. The van der Waals surface area contributed by atoms with E-state index in [1.165, 1.54) is 5.56 Å². The summed E-state index contributed by atoms with van der Waals surface area (Å²) in [5, 5.41) is 7.25. The lowest BCUT2D eigenvalue weighted by atomic mass is 10.1. The summed E-state index contributed by atoms with van der Waals surface area (Å²) in [4.78, 5) is 4.56. The first-order valence-electron chi connectivity index (χ1n) is 8.76. The molecule has 0 amide bonds. The molecule has 0 radical (unpaired) electrons. The van der Waals surface area contributed by atoms with Crippen LogP contribution in [0.3, 0.4) is 0 Å². The number of aromatic nitrogens is 3. The van der Waals surface area contributed by atoms with E-state index >= 15 is 0 Å². The van der Waals surface area contributed by atoms with Crippen LogP contribution >= 0.6 is 0 Å². The van der Waals surface area contributed by atoms with Gasteiger partial charge in [0.1, 0.15) is 5.82 Å². The first-order valence-corrected chi connectivity index (χ1v) is 8.76. The largest absolute Gasteiger partial charge is 0.490 e. The smallest absolute Gasteiger partial charge is 0.181 e. The first kappa shape index (κ1) is 17.9. The van der Waals surface area contributed by atoms with Gasteiger partial charge in [0.2, 0.25) is 0 Å². The van der Waals surface area contributed by atoms with Crippen molar-refractivity contribution in [1.29, 1.82) is 0 Å². The Balaban J connectivity index is 1.86. The summed E-state index contributed by atoms with van der Waals surface area (Å²) < 4.78 is 11.3. The maximum atomic E-state index is 6.39. The van der Waals surface area contributed by atoms with Crippen LogP contribution in [0.4, 0.5) is 0 Å². The number of benzene rings is 2. The van der Waals surface area contributed by atoms with Crippen LogP contribution in [0.25, 0.3) is 11.4 Å². The quantitative estimate of drug-likeness (QED) is 0.678. The molecule has 1 aromatic heterocycles. The minimum atomic E-state index is -0.434. The predicted octanol–water partition coefficient (Wildman–Crippen LogP) is 3.63. The van der Waals surface area contributed by atoms with Gasteiger partial charge >= 0.3 is 0 Å². The number of aryl methyl sites for hydroxylation is 1. The third kappa shape index (κ3) is 3.86. The number of ether oxygens (including phenoxy) is 2. The van der Waals surface area contributed by atoms with E-state index in [4.69, 9.17) is 15.2 Å². The number of hydrogen-bond acceptors (Lipinski definition) is 5. The van der Waals surface area contributed by atoms with Gasteiger partial charge in [-0.3, -0.25) is 5.10 Å². The summed E-state index contributed by atoms with van der Waals surface area (Å²) in [6.45, 7) is 7.06. The van der Waals surface area contributed by atoms with Crippen molar-refractivity contribution in [3.05, 3.63) is 59.4 Å². The highest BCUT2D eigenvalue weighted by Crippen LogP contribution is 2.31. The summed E-state index contributed by atoms with van der Waals surface area (Å²) in [6.07, 6.45) is 0. The van der Waals surface area contributed by atoms with Crippen molar-refractivity contribution in [3.63, 3.8) is 0 Å². The van der Waals surface area contributed by atoms with Gasteiger partial charge in [0, 0.05) is 5.56 Å². The van der Waals surface area contributed by atoms with Crippen LogP contribution in [0.1, 0.15) is 36.8 Å². The summed E-state index contributed by atoms with van der Waals surface area (Å²) in [5.41, 5.74) is 9.41. The Hall–Kier alpha value is -2.86. The van der Waals surface area contributed by atoms with Crippen molar-refractivity contribution in [2.45, 2.75) is 26.8 Å². The zero-order valence-electron chi connectivity index (χ0n) is 15.3. The van der Waals surface area contributed by atoms with Crippen LogP contribution in [-0.4, -0.2) is 28.4 Å². The second-order valence-corrected chi connectivity index (χ2v) is 5.96. The van der Waals surface area contributed by atoms with Crippen LogP contribution < -0.4 is 15.2 Å². The third-order valence-electron chi connectivity index (χ3n) is 4.03. The molecule has 0 saturated heterocycles. The average molecular weight is 352 g/mol. The Labute approximate surface area is 153 Å². The molecule has 0 aliphatic heterocycles. The van der Waals surface area contributed by atoms with Gasteiger partial charge in [0.25, 0.3) is 0 Å². The van der Waals surface area contributed by atoms with Crippen molar-refractivity contribution in [3.8, 4) is 22.9 Å². The van der Waals surface area contributed by atoms with Gasteiger partial charge < -0.3 is 15.2 Å². The maximum Gasteiger partial charge on any atom is 0.181 e. The molecule has 1 atom stereocenters. The highest BCUT2D eigenvalue weighted by atomic mass is 16.5. The second-order valence-electron chi connectivity index (χ2n) is 5.96. The fourth-order valence-corrected chi connectivity index (χ4v) is 2.66. The minimum Gasteiger partial charge on any atom is -0.490 e. The van der Waals surface area contributed by atoms with E-state index < -0.39 is 6.04 Å². The highest BCUT2D eigenvalue weighted by Gasteiger charge is 2.17. The molecule has 0 fully saturated rings. The van der Waals surface area contributed by atoms with Crippen LogP contribution in [-0.2, 0) is 0 Å². The van der Waals surface area contributed by atoms with Crippen molar-refractivity contribution >= 4 is 0 Å². The number of H-pyrrole nitrogens is 1. The van der Waals surface area contributed by atoms with Crippen LogP contribution in [0.5, 0.6) is 11.5 Å². The van der Waals surface area contributed by atoms with Crippen molar-refractivity contribution in [1.82, 2.24) is 15.2 Å². The number of nitrogens with two attached hydrogens (primary N) is 1. The summed E-state index contributed by atoms with van der Waals surface area (Å²) in [5.74, 6) is 2.63. The number of aromatic amines is 1. The van der Waals surface area contributed by atoms with Gasteiger partial charge in [-0.2, -0.15) is 5.10 Å². The number of nitrogens with zero attached hydrogens (tertiary/aromatic N) is 2. The molecule has 3 rings (SSSR count). The molecule has 26 heavy (non-hydrogen) atoms. The Bertz CT molecular complexity index is 859. The number of hydrogen-bond donors (Lipinski definition) is 2. The molecule has 0 aliphatic carbocycles. The number of nitrogens with one attached hydrogen (secondary N) is 1. The Morgan fingerprint density at radius 2 is 1.69 bits per heavy atom. The molecule has 0 aliphatic rings. The lowest BCUT2D eigenvalue weighted by Crippen LogP contribution is -2.14. The lowest BCUT2D eigenvalue weighted by Gasteiger charge is -2.14. The maximum absolute atomic E-state index is 6.39. The molecule has 136 valence electrons. The summed E-state index contributed by atoms with van der Waals surface area (Å²) in [7, 11) is 0. The fourth-order valence-electron chi connectivity index (χ4n) is 2.66. The van der Waals surface area contributed by atoms with Crippen molar-refractivity contribution < 1.29 is 9.47 Å². The topological polar surface area (TPSA) is 86.0 Å². The molecule has 6 heteroatoms. The van der Waals surface area contributed by atoms with E-state index in [-0.39, 0.29) is 0 Å². The first-order chi connectivity index (χ1) is 12.6. The fraction of sp³-hybridized carbons (Fsp3) is 0.300. The van der Waals surface area contributed by atoms with E-state index in [0.717, 1.165) is 11.1 Å². The average Bonchev–Trinajstić information content (AvgIpc) is 3.13. The monoisotopic (exact) mass is 352 g/mol. The zero-order valence-corrected chi connectivity index (χ0v) is 15.3. The molecular weight excluding hydrogens is 328 g/mol. The molecule has 3 N–H and O–H groups in total. The molecule has 0 saturated carbocycles. The van der Waals surface area contributed by atoms with E-state index in [0.29, 0.717) is 36.4 Å². The summed E-state index contributed by atoms with van der Waals surface area (Å²) in [6, 6.07) is 13.3. The van der Waals surface area contributed by atoms with Gasteiger partial charge in [0.05, 0.1) is 19.3 Å². The third-order valence-corrected chi connectivity index (χ3v) is 4.03. The molecule has 1 heterocycles. The van der Waals surface area contributed by atoms with Crippen LogP contribution in [0.15, 0.2) is 42.5 Å². The lowest BCUT2D eigenvalue weighted by molar-refractivity contribution is 0.287. The molecule has 0 bridgehead atoms. The predicted molar refractivity (Wildman–Crippen MR) is 101 cm³/mol. The SMILES string of the molecule is CCOc1ccc(C(N)c2nc(-c3ccc(C)cc3)n[nH]2)cc1OCC. The standard InChI is InChI=1S/C20H24N4O2/c1-4-25-16-11-10-15(12-17(16)26-5-2)18(21)20-22-19(23-24-20)14-8-6-13(3)7-9-14/h6-12,18H,4-5,21H2,1-3H3,(H,22,23,24). The second kappa shape index (κ2) is 8.01. The zero-order chi connectivity index (χ0) is 18.5.